The molecule has 0 aliphatic heterocycles. The lowest BCUT2D eigenvalue weighted by Gasteiger charge is -2.42. The Kier molecular flexibility index (Phi) is 7.20. The first-order valence-corrected chi connectivity index (χ1v) is 6.41. The molecule has 0 radical (unpaired) electrons. The molecule has 0 fully saturated rings. The SMILES string of the molecule is CC(C)C(CCCN)(CCCN)C(C)C. The monoisotopic (exact) mass is 214 g/mol. The van der Waals surface area contributed by atoms with E-state index in [9.17, 15) is 0 Å². The average Bonchev–Trinajstić information content (AvgIpc) is 2.17. The van der Waals surface area contributed by atoms with Gasteiger partial charge in [-0.2, -0.15) is 0 Å². The fourth-order valence-electron chi connectivity index (χ4n) is 2.81. The molecule has 0 saturated carbocycles. The van der Waals surface area contributed by atoms with Gasteiger partial charge >= 0.3 is 0 Å². The Morgan fingerprint density at radius 2 is 1.13 bits per heavy atom. The van der Waals surface area contributed by atoms with Crippen molar-refractivity contribution in [1.29, 1.82) is 0 Å². The van der Waals surface area contributed by atoms with Crippen LogP contribution in [0.2, 0.25) is 0 Å². The highest BCUT2D eigenvalue weighted by Gasteiger charge is 2.35. The summed E-state index contributed by atoms with van der Waals surface area (Å²) >= 11 is 0. The molecule has 4 N–H and O–H groups in total. The van der Waals surface area contributed by atoms with Crippen molar-refractivity contribution in [2.75, 3.05) is 13.1 Å². The summed E-state index contributed by atoms with van der Waals surface area (Å²) in [6.07, 6.45) is 4.78. The Morgan fingerprint density at radius 1 is 0.800 bits per heavy atom. The summed E-state index contributed by atoms with van der Waals surface area (Å²) in [4.78, 5) is 0. The van der Waals surface area contributed by atoms with E-state index in [1.165, 1.54) is 12.8 Å². The molecule has 0 aliphatic carbocycles. The minimum Gasteiger partial charge on any atom is -0.330 e. The molecule has 0 aliphatic rings. The third-order valence-electron chi connectivity index (χ3n) is 3.99. The standard InChI is InChI=1S/C13H30N2/c1-11(2)13(12(3)4,7-5-9-14)8-6-10-15/h11-12H,5-10,14-15H2,1-4H3. The van der Waals surface area contributed by atoms with Gasteiger partial charge in [-0.1, -0.05) is 27.7 Å². The van der Waals surface area contributed by atoms with Crippen molar-refractivity contribution in [2.24, 2.45) is 28.7 Å². The fourth-order valence-corrected chi connectivity index (χ4v) is 2.81. The lowest BCUT2D eigenvalue weighted by atomic mass is 9.63. The van der Waals surface area contributed by atoms with Gasteiger partial charge in [-0.25, -0.2) is 0 Å². The predicted molar refractivity (Wildman–Crippen MR) is 68.7 cm³/mol. The molecule has 0 aromatic rings. The summed E-state index contributed by atoms with van der Waals surface area (Å²) in [5.74, 6) is 1.44. The van der Waals surface area contributed by atoms with Gasteiger partial charge in [0, 0.05) is 0 Å². The molecule has 2 nitrogen and oxygen atoms in total. The largest absolute Gasteiger partial charge is 0.330 e. The summed E-state index contributed by atoms with van der Waals surface area (Å²) in [7, 11) is 0. The number of rotatable bonds is 8. The summed E-state index contributed by atoms with van der Waals surface area (Å²) in [6.45, 7) is 11.0. The second-order valence-electron chi connectivity index (χ2n) is 5.33. The molecule has 2 heteroatoms. The van der Waals surface area contributed by atoms with E-state index in [4.69, 9.17) is 11.5 Å². The molecule has 0 spiro atoms. The van der Waals surface area contributed by atoms with Gasteiger partial charge in [0.05, 0.1) is 0 Å². The van der Waals surface area contributed by atoms with Crippen molar-refractivity contribution in [2.45, 2.75) is 53.4 Å². The third kappa shape index (κ3) is 4.12. The van der Waals surface area contributed by atoms with Crippen LogP contribution in [0, 0.1) is 17.3 Å². The molecular weight excluding hydrogens is 184 g/mol. The fraction of sp³-hybridized carbons (Fsp3) is 1.00. The summed E-state index contributed by atoms with van der Waals surface area (Å²) < 4.78 is 0. The van der Waals surface area contributed by atoms with Crippen LogP contribution in [-0.2, 0) is 0 Å². The summed E-state index contributed by atoms with van der Waals surface area (Å²) in [5, 5.41) is 0. The summed E-state index contributed by atoms with van der Waals surface area (Å²) in [6, 6.07) is 0. The van der Waals surface area contributed by atoms with Crippen molar-refractivity contribution in [1.82, 2.24) is 0 Å². The van der Waals surface area contributed by atoms with E-state index in [2.05, 4.69) is 27.7 Å². The minimum absolute atomic E-state index is 0.443. The van der Waals surface area contributed by atoms with E-state index < -0.39 is 0 Å². The highest BCUT2D eigenvalue weighted by Crippen LogP contribution is 2.44. The van der Waals surface area contributed by atoms with Gasteiger partial charge in [0.2, 0.25) is 0 Å². The molecular formula is C13H30N2. The zero-order chi connectivity index (χ0) is 11.9. The zero-order valence-electron chi connectivity index (χ0n) is 11.1. The van der Waals surface area contributed by atoms with Crippen molar-refractivity contribution in [3.05, 3.63) is 0 Å². The highest BCUT2D eigenvalue weighted by atomic mass is 14.5. The number of hydrogen-bond donors (Lipinski definition) is 2. The second-order valence-corrected chi connectivity index (χ2v) is 5.33. The first-order chi connectivity index (χ1) is 7.01. The molecule has 0 aromatic carbocycles. The predicted octanol–water partition coefficient (Wildman–Crippen LogP) is 2.76. The first kappa shape index (κ1) is 14.9. The molecule has 0 unspecified atom stereocenters. The van der Waals surface area contributed by atoms with Gasteiger partial charge in [-0.3, -0.25) is 0 Å². The van der Waals surface area contributed by atoms with Crippen LogP contribution in [-0.4, -0.2) is 13.1 Å². The van der Waals surface area contributed by atoms with E-state index in [0.29, 0.717) is 5.41 Å². The minimum atomic E-state index is 0.443. The molecule has 92 valence electrons. The highest BCUT2D eigenvalue weighted by molar-refractivity contribution is 4.85. The van der Waals surface area contributed by atoms with Crippen LogP contribution >= 0.6 is 0 Å². The first-order valence-electron chi connectivity index (χ1n) is 6.41. The van der Waals surface area contributed by atoms with Gasteiger partial charge in [0.25, 0.3) is 0 Å². The van der Waals surface area contributed by atoms with Crippen molar-refractivity contribution in [3.8, 4) is 0 Å². The van der Waals surface area contributed by atoms with Crippen LogP contribution in [0.3, 0.4) is 0 Å². The lowest BCUT2D eigenvalue weighted by Crippen LogP contribution is -2.34. The van der Waals surface area contributed by atoms with Crippen molar-refractivity contribution in [3.63, 3.8) is 0 Å². The molecule has 15 heavy (non-hydrogen) atoms. The number of nitrogens with two attached hydrogens (primary N) is 2. The van der Waals surface area contributed by atoms with E-state index in [0.717, 1.165) is 37.8 Å². The average molecular weight is 214 g/mol. The van der Waals surface area contributed by atoms with Gasteiger partial charge in [-0.05, 0) is 56.0 Å². The molecule has 0 saturated heterocycles. The second kappa shape index (κ2) is 7.24. The van der Waals surface area contributed by atoms with E-state index in [-0.39, 0.29) is 0 Å². The topological polar surface area (TPSA) is 52.0 Å². The molecule has 0 atom stereocenters. The maximum absolute atomic E-state index is 5.64. The van der Waals surface area contributed by atoms with Crippen LogP contribution in [0.5, 0.6) is 0 Å². The molecule has 0 rings (SSSR count). The summed E-state index contributed by atoms with van der Waals surface area (Å²) in [5.41, 5.74) is 11.7. The molecule has 0 aromatic heterocycles. The smallest absolute Gasteiger partial charge is 0.00771 e. The molecule has 0 heterocycles. The van der Waals surface area contributed by atoms with Crippen LogP contribution in [0.15, 0.2) is 0 Å². The molecule has 0 bridgehead atoms. The van der Waals surface area contributed by atoms with Crippen LogP contribution in [0.25, 0.3) is 0 Å². The van der Waals surface area contributed by atoms with E-state index in [1.54, 1.807) is 0 Å². The maximum atomic E-state index is 5.64. The van der Waals surface area contributed by atoms with Gasteiger partial charge in [-0.15, -0.1) is 0 Å². The van der Waals surface area contributed by atoms with Gasteiger partial charge < -0.3 is 11.5 Å². The van der Waals surface area contributed by atoms with Crippen molar-refractivity contribution >= 4 is 0 Å². The van der Waals surface area contributed by atoms with Crippen LogP contribution in [0.1, 0.15) is 53.4 Å². The van der Waals surface area contributed by atoms with Crippen molar-refractivity contribution < 1.29 is 0 Å². The Balaban J connectivity index is 4.57. The van der Waals surface area contributed by atoms with E-state index in [1.807, 2.05) is 0 Å². The molecule has 0 amide bonds. The normalized spacial score (nSPS) is 12.8. The van der Waals surface area contributed by atoms with Crippen LogP contribution < -0.4 is 11.5 Å². The van der Waals surface area contributed by atoms with Gasteiger partial charge in [0.1, 0.15) is 0 Å². The Hall–Kier alpha value is -0.0800. The Labute approximate surface area is 95.8 Å². The lowest BCUT2D eigenvalue weighted by molar-refractivity contribution is 0.0813. The maximum Gasteiger partial charge on any atom is -0.00771 e. The Bertz CT molecular complexity index is 135. The van der Waals surface area contributed by atoms with Crippen LogP contribution in [0.4, 0.5) is 0 Å². The third-order valence-corrected chi connectivity index (χ3v) is 3.99. The Morgan fingerprint density at radius 3 is 1.33 bits per heavy atom. The number of hydrogen-bond acceptors (Lipinski definition) is 2. The quantitative estimate of drug-likeness (QED) is 0.653. The zero-order valence-corrected chi connectivity index (χ0v) is 11.1. The van der Waals surface area contributed by atoms with E-state index >= 15 is 0 Å². The van der Waals surface area contributed by atoms with Gasteiger partial charge in [0.15, 0.2) is 0 Å².